The van der Waals surface area contributed by atoms with Crippen molar-refractivity contribution in [3.63, 3.8) is 0 Å². The molecule has 0 spiro atoms. The van der Waals surface area contributed by atoms with Gasteiger partial charge in [0.2, 0.25) is 5.95 Å². The minimum Gasteiger partial charge on any atom is -0.493 e. The number of unbranched alkanes of at least 4 members (excludes halogenated alkanes) is 1. The number of amides is 1. The van der Waals surface area contributed by atoms with Gasteiger partial charge in [0.25, 0.3) is 5.91 Å². The Morgan fingerprint density at radius 1 is 1.26 bits per heavy atom. The maximum atomic E-state index is 13.4. The van der Waals surface area contributed by atoms with Crippen LogP contribution >= 0.6 is 15.9 Å². The molecule has 31 heavy (non-hydrogen) atoms. The maximum absolute atomic E-state index is 13.4. The molecule has 160 valence electrons. The molecular formula is C22H23BrN6O2. The molecule has 0 saturated heterocycles. The molecular weight excluding hydrogens is 460 g/mol. The molecule has 8 nitrogen and oxygen atoms in total. The van der Waals surface area contributed by atoms with Crippen molar-refractivity contribution < 1.29 is 9.53 Å². The number of tetrazole rings is 1. The lowest BCUT2D eigenvalue weighted by molar-refractivity contribution is -0.113. The van der Waals surface area contributed by atoms with Crippen LogP contribution in [0.5, 0.6) is 5.75 Å². The van der Waals surface area contributed by atoms with Crippen molar-refractivity contribution in [2.24, 2.45) is 0 Å². The molecule has 1 aromatic heterocycles. The van der Waals surface area contributed by atoms with Gasteiger partial charge < -0.3 is 15.4 Å². The van der Waals surface area contributed by atoms with Crippen LogP contribution in [0, 0.1) is 0 Å². The highest BCUT2D eigenvalue weighted by atomic mass is 79.9. The van der Waals surface area contributed by atoms with E-state index < -0.39 is 6.04 Å². The van der Waals surface area contributed by atoms with Gasteiger partial charge in [-0.2, -0.15) is 4.68 Å². The van der Waals surface area contributed by atoms with E-state index >= 15 is 0 Å². The third-order valence-electron chi connectivity index (χ3n) is 5.01. The van der Waals surface area contributed by atoms with E-state index in [-0.39, 0.29) is 5.91 Å². The van der Waals surface area contributed by atoms with E-state index in [1.54, 1.807) is 4.68 Å². The average molecular weight is 483 g/mol. The second-order valence-corrected chi connectivity index (χ2v) is 8.13. The third kappa shape index (κ3) is 4.46. The molecule has 4 rings (SSSR count). The second-order valence-electron chi connectivity index (χ2n) is 7.22. The Morgan fingerprint density at radius 3 is 2.84 bits per heavy atom. The molecule has 1 aliphatic heterocycles. The summed E-state index contributed by atoms with van der Waals surface area (Å²) < 4.78 is 8.57. The highest BCUT2D eigenvalue weighted by Crippen LogP contribution is 2.40. The topological polar surface area (TPSA) is 94.0 Å². The first kappa shape index (κ1) is 21.0. The zero-order valence-electron chi connectivity index (χ0n) is 17.3. The van der Waals surface area contributed by atoms with Gasteiger partial charge in [0, 0.05) is 21.4 Å². The summed E-state index contributed by atoms with van der Waals surface area (Å²) in [6.07, 6.45) is 1.97. The predicted molar refractivity (Wildman–Crippen MR) is 122 cm³/mol. The van der Waals surface area contributed by atoms with Crippen LogP contribution in [0.1, 0.15) is 38.3 Å². The molecule has 2 heterocycles. The molecule has 2 aromatic carbocycles. The number of carbonyl (C=O) groups excluding carboxylic acids is 1. The van der Waals surface area contributed by atoms with Gasteiger partial charge in [-0.15, -0.1) is 0 Å². The van der Waals surface area contributed by atoms with Gasteiger partial charge in [0.05, 0.1) is 12.2 Å². The number of carbonyl (C=O) groups is 1. The number of rotatable bonds is 7. The molecule has 0 radical (unpaired) electrons. The minimum atomic E-state index is -0.552. The fraction of sp³-hybridized carbons (Fsp3) is 0.273. The normalized spacial score (nSPS) is 15.3. The number of fused-ring (bicyclic) bond motifs is 1. The van der Waals surface area contributed by atoms with Crippen LogP contribution in [0.3, 0.4) is 0 Å². The van der Waals surface area contributed by atoms with E-state index in [9.17, 15) is 4.79 Å². The molecule has 3 aromatic rings. The molecule has 0 bridgehead atoms. The van der Waals surface area contributed by atoms with Crippen LogP contribution in [0.15, 0.2) is 64.3 Å². The van der Waals surface area contributed by atoms with Gasteiger partial charge in [-0.25, -0.2) is 0 Å². The fourth-order valence-corrected chi connectivity index (χ4v) is 3.88. The van der Waals surface area contributed by atoms with E-state index in [0.29, 0.717) is 35.3 Å². The lowest BCUT2D eigenvalue weighted by Crippen LogP contribution is -2.31. The number of ether oxygens (including phenoxy) is 1. The van der Waals surface area contributed by atoms with Crippen molar-refractivity contribution in [1.29, 1.82) is 0 Å². The van der Waals surface area contributed by atoms with Gasteiger partial charge in [0.15, 0.2) is 0 Å². The number of hydrogen-bond acceptors (Lipinski definition) is 6. The summed E-state index contributed by atoms with van der Waals surface area (Å²) in [6, 6.07) is 14.6. The van der Waals surface area contributed by atoms with Gasteiger partial charge >= 0.3 is 0 Å². The van der Waals surface area contributed by atoms with E-state index in [0.717, 1.165) is 22.9 Å². The number of para-hydroxylation sites is 1. The summed E-state index contributed by atoms with van der Waals surface area (Å²) in [6.45, 7) is 4.55. The van der Waals surface area contributed by atoms with Crippen molar-refractivity contribution in [1.82, 2.24) is 20.2 Å². The fourth-order valence-electron chi connectivity index (χ4n) is 3.50. The first-order valence-electron chi connectivity index (χ1n) is 10.1. The number of anilines is 2. The Bertz CT molecular complexity index is 1110. The summed E-state index contributed by atoms with van der Waals surface area (Å²) in [5.74, 6) is 0.933. The van der Waals surface area contributed by atoms with E-state index in [1.807, 2.05) is 55.5 Å². The molecule has 0 fully saturated rings. The second kappa shape index (κ2) is 9.30. The maximum Gasteiger partial charge on any atom is 0.255 e. The molecule has 0 saturated carbocycles. The summed E-state index contributed by atoms with van der Waals surface area (Å²) in [4.78, 5) is 13.4. The molecule has 0 aliphatic carbocycles. The van der Waals surface area contributed by atoms with Crippen LogP contribution in [0.25, 0.3) is 0 Å². The zero-order chi connectivity index (χ0) is 21.8. The SMILES string of the molecule is CCCCOc1ccc(Br)cc1C1C(C(=O)Nc2ccccc2)=C(C)Nc2nnnn21. The lowest BCUT2D eigenvalue weighted by Gasteiger charge is -2.29. The largest absolute Gasteiger partial charge is 0.493 e. The van der Waals surface area contributed by atoms with Crippen molar-refractivity contribution in [3.05, 3.63) is 69.8 Å². The first-order valence-corrected chi connectivity index (χ1v) is 10.9. The molecule has 9 heteroatoms. The number of nitrogens with zero attached hydrogens (tertiary/aromatic N) is 4. The standard InChI is InChI=1S/C22H23BrN6O2/c1-3-4-12-31-18-11-10-15(23)13-17(18)20-19(14(2)24-22-26-27-28-29(20)22)21(30)25-16-8-6-5-7-9-16/h5-11,13,20H,3-4,12H2,1-2H3,(H,25,30)(H,24,26,28). The summed E-state index contributed by atoms with van der Waals surface area (Å²) >= 11 is 3.55. The smallest absolute Gasteiger partial charge is 0.255 e. The molecule has 1 aliphatic rings. The number of hydrogen-bond donors (Lipinski definition) is 2. The Balaban J connectivity index is 1.78. The van der Waals surface area contributed by atoms with Gasteiger partial charge in [0.1, 0.15) is 11.8 Å². The number of nitrogens with one attached hydrogen (secondary N) is 2. The summed E-state index contributed by atoms with van der Waals surface area (Å²) in [5, 5.41) is 18.1. The van der Waals surface area contributed by atoms with Crippen LogP contribution in [0.2, 0.25) is 0 Å². The van der Waals surface area contributed by atoms with Crippen LogP contribution in [-0.4, -0.2) is 32.7 Å². The third-order valence-corrected chi connectivity index (χ3v) is 5.51. The first-order chi connectivity index (χ1) is 15.1. The van der Waals surface area contributed by atoms with Gasteiger partial charge in [-0.1, -0.05) is 52.6 Å². The van der Waals surface area contributed by atoms with Crippen molar-refractivity contribution in [2.45, 2.75) is 32.7 Å². The van der Waals surface area contributed by atoms with Crippen molar-refractivity contribution in [3.8, 4) is 5.75 Å². The van der Waals surface area contributed by atoms with Crippen LogP contribution in [0.4, 0.5) is 11.6 Å². The predicted octanol–water partition coefficient (Wildman–Crippen LogP) is 4.54. The molecule has 1 atom stereocenters. The van der Waals surface area contributed by atoms with Gasteiger partial charge in [-0.05, 0) is 54.1 Å². The van der Waals surface area contributed by atoms with Crippen LogP contribution in [-0.2, 0) is 4.79 Å². The monoisotopic (exact) mass is 482 g/mol. The molecule has 2 N–H and O–H groups in total. The number of halogens is 1. The Morgan fingerprint density at radius 2 is 2.06 bits per heavy atom. The van der Waals surface area contributed by atoms with Crippen molar-refractivity contribution in [2.75, 3.05) is 17.2 Å². The molecule has 1 amide bonds. The molecule has 1 unspecified atom stereocenters. The Labute approximate surface area is 188 Å². The Kier molecular flexibility index (Phi) is 6.31. The number of aromatic nitrogens is 4. The summed E-state index contributed by atoms with van der Waals surface area (Å²) in [5.41, 5.74) is 2.71. The van der Waals surface area contributed by atoms with Crippen molar-refractivity contribution >= 4 is 33.5 Å². The summed E-state index contributed by atoms with van der Waals surface area (Å²) in [7, 11) is 0. The van der Waals surface area contributed by atoms with E-state index in [4.69, 9.17) is 4.74 Å². The Hall–Kier alpha value is -3.20. The quantitative estimate of drug-likeness (QED) is 0.480. The van der Waals surface area contributed by atoms with E-state index in [2.05, 4.69) is 49.0 Å². The highest BCUT2D eigenvalue weighted by Gasteiger charge is 2.36. The minimum absolute atomic E-state index is 0.234. The highest BCUT2D eigenvalue weighted by molar-refractivity contribution is 9.10. The lowest BCUT2D eigenvalue weighted by atomic mass is 9.94. The van der Waals surface area contributed by atoms with E-state index in [1.165, 1.54) is 0 Å². The zero-order valence-corrected chi connectivity index (χ0v) is 18.9. The number of benzene rings is 2. The van der Waals surface area contributed by atoms with Gasteiger partial charge in [-0.3, -0.25) is 4.79 Å². The number of allylic oxidation sites excluding steroid dienone is 1. The van der Waals surface area contributed by atoms with Crippen LogP contribution < -0.4 is 15.4 Å². The average Bonchev–Trinajstić information content (AvgIpc) is 3.22.